The Balaban J connectivity index is 1.87. The molecule has 1 amide bonds. The van der Waals surface area contributed by atoms with E-state index in [1.807, 2.05) is 36.5 Å². The van der Waals surface area contributed by atoms with Gasteiger partial charge < -0.3 is 14.4 Å². The van der Waals surface area contributed by atoms with Gasteiger partial charge in [0.15, 0.2) is 5.69 Å². The lowest BCUT2D eigenvalue weighted by molar-refractivity contribution is -0.139. The fourth-order valence-corrected chi connectivity index (χ4v) is 3.49. The Morgan fingerprint density at radius 1 is 1.41 bits per heavy atom. The monoisotopic (exact) mass is 376 g/mol. The van der Waals surface area contributed by atoms with Gasteiger partial charge in [-0.15, -0.1) is 5.10 Å². The molecule has 7 heteroatoms. The van der Waals surface area contributed by atoms with Crippen LogP contribution in [0.4, 0.5) is 0 Å². The lowest BCUT2D eigenvalue weighted by Gasteiger charge is -2.26. The summed E-state index contributed by atoms with van der Waals surface area (Å²) < 4.78 is 12.9. The smallest absolute Gasteiger partial charge is 0.228 e. The van der Waals surface area contributed by atoms with Gasteiger partial charge in [-0.2, -0.15) is 0 Å². The quantitative estimate of drug-likeness (QED) is 0.651. The fraction of sp³-hybridized carbons (Fsp3) is 0.750. The minimum atomic E-state index is -0.0979. The normalized spacial score (nSPS) is 21.4. The molecule has 27 heavy (non-hydrogen) atoms. The van der Waals surface area contributed by atoms with Gasteiger partial charge in [0.25, 0.3) is 0 Å². The number of amides is 1. The zero-order valence-corrected chi connectivity index (χ0v) is 17.1. The van der Waals surface area contributed by atoms with Crippen molar-refractivity contribution in [3.8, 4) is 11.8 Å². The number of carbonyl (C=O) groups excluding carboxylic acids is 1. The van der Waals surface area contributed by atoms with Crippen LogP contribution >= 0.6 is 0 Å². The second-order valence-corrected chi connectivity index (χ2v) is 7.08. The zero-order valence-electron chi connectivity index (χ0n) is 17.1. The second-order valence-electron chi connectivity index (χ2n) is 7.08. The van der Waals surface area contributed by atoms with Crippen molar-refractivity contribution in [2.75, 3.05) is 26.8 Å². The summed E-state index contributed by atoms with van der Waals surface area (Å²) in [6, 6.07) is 0.160. The molecular weight excluding hydrogens is 344 g/mol. The number of carbonyl (C=O) groups is 1. The van der Waals surface area contributed by atoms with Crippen LogP contribution in [0.2, 0.25) is 0 Å². The lowest BCUT2D eigenvalue weighted by atomic mass is 9.99. The van der Waals surface area contributed by atoms with E-state index in [1.165, 1.54) is 0 Å². The molecule has 1 saturated heterocycles. The second kappa shape index (κ2) is 10.4. The molecule has 1 aromatic rings. The first-order chi connectivity index (χ1) is 13.0. The summed E-state index contributed by atoms with van der Waals surface area (Å²) >= 11 is 0. The molecule has 150 valence electrons. The Morgan fingerprint density at radius 2 is 2.15 bits per heavy atom. The maximum absolute atomic E-state index is 12.6. The van der Waals surface area contributed by atoms with Crippen LogP contribution < -0.4 is 0 Å². The molecule has 0 saturated carbocycles. The van der Waals surface area contributed by atoms with Gasteiger partial charge in [0.2, 0.25) is 5.91 Å². The molecule has 0 radical (unpaired) electrons. The molecule has 1 aromatic heterocycles. The molecule has 0 aliphatic carbocycles. The van der Waals surface area contributed by atoms with Crippen molar-refractivity contribution in [1.82, 2.24) is 19.9 Å². The van der Waals surface area contributed by atoms with Crippen LogP contribution in [0.25, 0.3) is 0 Å². The van der Waals surface area contributed by atoms with Gasteiger partial charge in [-0.05, 0) is 46.0 Å². The maximum Gasteiger partial charge on any atom is 0.228 e. The number of nitrogens with zero attached hydrogens (tertiary/aromatic N) is 4. The molecule has 1 fully saturated rings. The number of aromatic nitrogens is 3. The highest BCUT2D eigenvalue weighted by Crippen LogP contribution is 2.30. The van der Waals surface area contributed by atoms with E-state index in [-0.39, 0.29) is 30.1 Å². The highest BCUT2D eigenvalue weighted by molar-refractivity contribution is 5.79. The Bertz CT molecular complexity index is 660. The van der Waals surface area contributed by atoms with Crippen molar-refractivity contribution in [2.24, 2.45) is 5.92 Å². The van der Waals surface area contributed by atoms with Crippen LogP contribution in [0.5, 0.6) is 0 Å². The van der Waals surface area contributed by atoms with Crippen molar-refractivity contribution in [3.63, 3.8) is 0 Å². The molecule has 0 spiro atoms. The predicted octanol–water partition coefficient (Wildman–Crippen LogP) is 2.28. The van der Waals surface area contributed by atoms with Crippen molar-refractivity contribution >= 4 is 5.91 Å². The third kappa shape index (κ3) is 5.78. The first-order valence-corrected chi connectivity index (χ1v) is 9.83. The summed E-state index contributed by atoms with van der Waals surface area (Å²) in [6.07, 6.45) is 4.74. The zero-order chi connectivity index (χ0) is 19.8. The molecule has 7 nitrogen and oxygen atoms in total. The SMILES string of the molecule is CCN(CC)C(=O)[C@H](C)[C@H]1CC[C@@H](C[C@@H](C)n2cc(C#CCOC)nn2)O1. The molecule has 0 aromatic carbocycles. The predicted molar refractivity (Wildman–Crippen MR) is 103 cm³/mol. The topological polar surface area (TPSA) is 69.5 Å². The Morgan fingerprint density at radius 3 is 2.81 bits per heavy atom. The number of hydrogen-bond donors (Lipinski definition) is 0. The maximum atomic E-state index is 12.6. The van der Waals surface area contributed by atoms with E-state index in [0.717, 1.165) is 32.4 Å². The molecule has 1 aliphatic heterocycles. The van der Waals surface area contributed by atoms with Crippen molar-refractivity contribution in [3.05, 3.63) is 11.9 Å². The van der Waals surface area contributed by atoms with Crippen LogP contribution in [0.15, 0.2) is 6.20 Å². The minimum absolute atomic E-state index is 0.00141. The van der Waals surface area contributed by atoms with Gasteiger partial charge in [-0.1, -0.05) is 18.1 Å². The lowest BCUT2D eigenvalue weighted by Crippen LogP contribution is -2.39. The first-order valence-electron chi connectivity index (χ1n) is 9.83. The largest absolute Gasteiger partial charge is 0.374 e. The number of hydrogen-bond acceptors (Lipinski definition) is 5. The summed E-state index contributed by atoms with van der Waals surface area (Å²) in [4.78, 5) is 14.4. The van der Waals surface area contributed by atoms with E-state index in [9.17, 15) is 4.79 Å². The summed E-state index contributed by atoms with van der Waals surface area (Å²) in [7, 11) is 1.61. The molecule has 0 unspecified atom stereocenters. The Kier molecular flexibility index (Phi) is 8.26. The molecule has 1 aliphatic rings. The number of methoxy groups -OCH3 is 1. The van der Waals surface area contributed by atoms with Gasteiger partial charge >= 0.3 is 0 Å². The van der Waals surface area contributed by atoms with E-state index in [4.69, 9.17) is 9.47 Å². The van der Waals surface area contributed by atoms with Gasteiger partial charge in [-0.25, -0.2) is 4.68 Å². The third-order valence-electron chi connectivity index (χ3n) is 5.16. The van der Waals surface area contributed by atoms with Crippen molar-refractivity contribution < 1.29 is 14.3 Å². The standard InChI is InChI=1S/C20H32N4O3/c1-6-23(7-2)20(25)16(4)19-11-10-18(27-19)13-15(3)24-14-17(21-22-24)9-8-12-26-5/h14-16,18-19H,6-7,10-13H2,1-5H3/t15-,16-,18+,19-/m1/s1. The summed E-state index contributed by atoms with van der Waals surface area (Å²) in [5, 5.41) is 8.25. The van der Waals surface area contributed by atoms with E-state index in [1.54, 1.807) is 7.11 Å². The molecular formula is C20H32N4O3. The summed E-state index contributed by atoms with van der Waals surface area (Å²) in [6.45, 7) is 9.98. The fourth-order valence-electron chi connectivity index (χ4n) is 3.49. The van der Waals surface area contributed by atoms with E-state index < -0.39 is 0 Å². The Labute approximate surface area is 162 Å². The van der Waals surface area contributed by atoms with E-state index >= 15 is 0 Å². The highest BCUT2D eigenvalue weighted by atomic mass is 16.5. The van der Waals surface area contributed by atoms with Crippen molar-refractivity contribution in [1.29, 1.82) is 0 Å². The average molecular weight is 377 g/mol. The Hall–Kier alpha value is -1.91. The van der Waals surface area contributed by atoms with Crippen molar-refractivity contribution in [2.45, 2.75) is 65.2 Å². The van der Waals surface area contributed by atoms with E-state index in [2.05, 4.69) is 29.1 Å². The van der Waals surface area contributed by atoms with Crippen LogP contribution in [0.3, 0.4) is 0 Å². The third-order valence-corrected chi connectivity index (χ3v) is 5.16. The van der Waals surface area contributed by atoms with E-state index in [0.29, 0.717) is 12.3 Å². The van der Waals surface area contributed by atoms with Gasteiger partial charge in [-0.3, -0.25) is 4.79 Å². The van der Waals surface area contributed by atoms with Gasteiger partial charge in [0.05, 0.1) is 30.4 Å². The first kappa shape index (κ1) is 21.4. The van der Waals surface area contributed by atoms with Crippen LogP contribution in [0, 0.1) is 17.8 Å². The molecule has 4 atom stereocenters. The summed E-state index contributed by atoms with van der Waals surface area (Å²) in [5.74, 6) is 5.89. The van der Waals surface area contributed by atoms with Crippen LogP contribution in [0.1, 0.15) is 58.7 Å². The van der Waals surface area contributed by atoms with Gasteiger partial charge in [0.1, 0.15) is 6.61 Å². The van der Waals surface area contributed by atoms with Crippen LogP contribution in [-0.4, -0.2) is 64.8 Å². The number of ether oxygens (including phenoxy) is 2. The number of rotatable bonds is 8. The van der Waals surface area contributed by atoms with Crippen LogP contribution in [-0.2, 0) is 14.3 Å². The molecule has 2 heterocycles. The minimum Gasteiger partial charge on any atom is -0.374 e. The highest BCUT2D eigenvalue weighted by Gasteiger charge is 2.35. The molecule has 0 bridgehead atoms. The molecule has 2 rings (SSSR count). The molecule has 0 N–H and O–H groups in total. The summed E-state index contributed by atoms with van der Waals surface area (Å²) in [5.41, 5.74) is 0.641. The average Bonchev–Trinajstić information content (AvgIpc) is 3.32. The van der Waals surface area contributed by atoms with Gasteiger partial charge in [0, 0.05) is 20.2 Å².